The fraction of sp³-hybridized carbons (Fsp3) is 0.316. The van der Waals surface area contributed by atoms with E-state index in [1.54, 1.807) is 6.07 Å². The summed E-state index contributed by atoms with van der Waals surface area (Å²) in [4.78, 5) is 12.3. The zero-order valence-corrected chi connectivity index (χ0v) is 16.1. The number of anilines is 1. The number of ether oxygens (including phenoxy) is 2. The molecule has 1 aliphatic rings. The summed E-state index contributed by atoms with van der Waals surface area (Å²) < 4.78 is 50.9. The van der Waals surface area contributed by atoms with Gasteiger partial charge in [0.05, 0.1) is 23.8 Å². The summed E-state index contributed by atoms with van der Waals surface area (Å²) in [5.41, 5.74) is 0.0647. The van der Waals surface area contributed by atoms with Crippen molar-refractivity contribution in [3.8, 4) is 5.75 Å². The maximum Gasteiger partial charge on any atom is 0.265 e. The van der Waals surface area contributed by atoms with Crippen molar-refractivity contribution in [1.29, 1.82) is 0 Å². The highest BCUT2D eigenvalue weighted by atomic mass is 32.2. The Hall–Kier alpha value is -2.49. The van der Waals surface area contributed by atoms with Crippen molar-refractivity contribution in [2.45, 2.75) is 17.9 Å². The van der Waals surface area contributed by atoms with Gasteiger partial charge in [-0.2, -0.15) is 4.31 Å². The molecular formula is C19H21FN2O5S. The second-order valence-electron chi connectivity index (χ2n) is 6.22. The third kappa shape index (κ3) is 4.67. The number of rotatable bonds is 6. The number of carbonyl (C=O) groups is 1. The molecule has 3 rings (SSSR count). The van der Waals surface area contributed by atoms with Gasteiger partial charge in [0, 0.05) is 13.1 Å². The summed E-state index contributed by atoms with van der Waals surface area (Å²) >= 11 is 0. The standard InChI is InChI=1S/C19H21FN2O5S/c1-14(19(23)21-18-5-3-2-4-17(18)20)27-15-6-8-16(9-7-15)28(24,25)22-10-12-26-13-11-22/h2-9,14H,10-13H2,1H3,(H,21,23)/t14-/m1/s1. The zero-order chi connectivity index (χ0) is 20.1. The van der Waals surface area contributed by atoms with Gasteiger partial charge in [0.15, 0.2) is 6.10 Å². The van der Waals surface area contributed by atoms with Crippen molar-refractivity contribution in [3.63, 3.8) is 0 Å². The molecule has 0 radical (unpaired) electrons. The Labute approximate surface area is 163 Å². The number of amides is 1. The van der Waals surface area contributed by atoms with E-state index in [0.717, 1.165) is 0 Å². The molecule has 2 aromatic rings. The minimum Gasteiger partial charge on any atom is -0.481 e. The van der Waals surface area contributed by atoms with E-state index in [2.05, 4.69) is 5.32 Å². The number of nitrogens with zero attached hydrogens (tertiary/aromatic N) is 1. The van der Waals surface area contributed by atoms with Crippen molar-refractivity contribution < 1.29 is 27.1 Å². The minimum atomic E-state index is -3.59. The molecule has 0 saturated carbocycles. The van der Waals surface area contributed by atoms with Gasteiger partial charge >= 0.3 is 0 Å². The molecule has 2 aromatic carbocycles. The van der Waals surface area contributed by atoms with E-state index in [0.29, 0.717) is 32.1 Å². The molecular weight excluding hydrogens is 387 g/mol. The van der Waals surface area contributed by atoms with Crippen LogP contribution in [-0.4, -0.2) is 51.0 Å². The number of sulfonamides is 1. The predicted octanol–water partition coefficient (Wildman–Crippen LogP) is 2.25. The Bertz CT molecular complexity index is 928. The van der Waals surface area contributed by atoms with Crippen molar-refractivity contribution in [2.24, 2.45) is 0 Å². The number of benzene rings is 2. The molecule has 7 nitrogen and oxygen atoms in total. The van der Waals surface area contributed by atoms with Crippen LogP contribution in [0, 0.1) is 5.82 Å². The van der Waals surface area contributed by atoms with E-state index in [9.17, 15) is 17.6 Å². The van der Waals surface area contributed by atoms with Gasteiger partial charge in [0.2, 0.25) is 10.0 Å². The predicted molar refractivity (Wildman–Crippen MR) is 101 cm³/mol. The first-order valence-electron chi connectivity index (χ1n) is 8.78. The van der Waals surface area contributed by atoms with Crippen LogP contribution in [-0.2, 0) is 19.6 Å². The molecule has 1 N–H and O–H groups in total. The number of para-hydroxylation sites is 1. The average molecular weight is 408 g/mol. The van der Waals surface area contributed by atoms with E-state index < -0.39 is 27.9 Å². The molecule has 1 saturated heterocycles. The van der Waals surface area contributed by atoms with E-state index in [-0.39, 0.29) is 10.6 Å². The molecule has 1 aliphatic heterocycles. The zero-order valence-electron chi connectivity index (χ0n) is 15.3. The maximum absolute atomic E-state index is 13.6. The highest BCUT2D eigenvalue weighted by Gasteiger charge is 2.26. The van der Waals surface area contributed by atoms with Gasteiger partial charge in [-0.25, -0.2) is 12.8 Å². The molecule has 0 unspecified atom stereocenters. The van der Waals surface area contributed by atoms with Gasteiger partial charge in [-0.1, -0.05) is 12.1 Å². The number of hydrogen-bond donors (Lipinski definition) is 1. The van der Waals surface area contributed by atoms with Gasteiger partial charge in [-0.3, -0.25) is 4.79 Å². The molecule has 1 atom stereocenters. The Morgan fingerprint density at radius 3 is 2.43 bits per heavy atom. The smallest absolute Gasteiger partial charge is 0.265 e. The van der Waals surface area contributed by atoms with Gasteiger partial charge < -0.3 is 14.8 Å². The van der Waals surface area contributed by atoms with Gasteiger partial charge in [-0.15, -0.1) is 0 Å². The molecule has 9 heteroatoms. The van der Waals surface area contributed by atoms with Gasteiger partial charge in [0.1, 0.15) is 11.6 Å². The highest BCUT2D eigenvalue weighted by Crippen LogP contribution is 2.21. The first kappa shape index (κ1) is 20.2. The SMILES string of the molecule is C[C@@H](Oc1ccc(S(=O)(=O)N2CCOCC2)cc1)C(=O)Nc1ccccc1F. The summed E-state index contributed by atoms with van der Waals surface area (Å²) in [7, 11) is -3.59. The lowest BCUT2D eigenvalue weighted by molar-refractivity contribution is -0.122. The largest absolute Gasteiger partial charge is 0.481 e. The van der Waals surface area contributed by atoms with E-state index >= 15 is 0 Å². The van der Waals surface area contributed by atoms with E-state index in [4.69, 9.17) is 9.47 Å². The van der Waals surface area contributed by atoms with E-state index in [1.165, 1.54) is 53.7 Å². The molecule has 0 spiro atoms. The summed E-state index contributed by atoms with van der Waals surface area (Å²) in [5, 5.41) is 2.46. The molecule has 0 aromatic heterocycles. The molecule has 1 fully saturated rings. The first-order valence-corrected chi connectivity index (χ1v) is 10.2. The maximum atomic E-state index is 13.6. The van der Waals surface area contributed by atoms with Crippen molar-refractivity contribution in [3.05, 3.63) is 54.3 Å². The van der Waals surface area contributed by atoms with Crippen LogP contribution < -0.4 is 10.1 Å². The van der Waals surface area contributed by atoms with Crippen LogP contribution in [0.1, 0.15) is 6.92 Å². The third-order valence-electron chi connectivity index (χ3n) is 4.25. The molecule has 150 valence electrons. The lowest BCUT2D eigenvalue weighted by Crippen LogP contribution is -2.40. The van der Waals surface area contributed by atoms with Crippen molar-refractivity contribution >= 4 is 21.6 Å². The lowest BCUT2D eigenvalue weighted by Gasteiger charge is -2.26. The van der Waals surface area contributed by atoms with E-state index in [1.807, 2.05) is 0 Å². The normalized spacial score (nSPS) is 16.4. The quantitative estimate of drug-likeness (QED) is 0.793. The van der Waals surface area contributed by atoms with Crippen LogP contribution in [0.25, 0.3) is 0 Å². The summed E-state index contributed by atoms with van der Waals surface area (Å²) in [6, 6.07) is 11.7. The lowest BCUT2D eigenvalue weighted by atomic mass is 10.3. The van der Waals surface area contributed by atoms with Crippen LogP contribution in [0.2, 0.25) is 0 Å². The monoisotopic (exact) mass is 408 g/mol. The van der Waals surface area contributed by atoms with Crippen LogP contribution >= 0.6 is 0 Å². The Morgan fingerprint density at radius 1 is 1.14 bits per heavy atom. The molecule has 0 bridgehead atoms. The summed E-state index contributed by atoms with van der Waals surface area (Å²) in [5.74, 6) is -0.729. The fourth-order valence-corrected chi connectivity index (χ4v) is 4.09. The topological polar surface area (TPSA) is 84.9 Å². The average Bonchev–Trinajstić information content (AvgIpc) is 2.70. The third-order valence-corrected chi connectivity index (χ3v) is 6.16. The van der Waals surface area contributed by atoms with Crippen LogP contribution in [0.3, 0.4) is 0 Å². The number of morpholine rings is 1. The Balaban J connectivity index is 1.63. The molecule has 28 heavy (non-hydrogen) atoms. The molecule has 1 heterocycles. The summed E-state index contributed by atoms with van der Waals surface area (Å²) in [6.45, 7) is 2.89. The van der Waals surface area contributed by atoms with Crippen LogP contribution in [0.5, 0.6) is 5.75 Å². The first-order chi connectivity index (χ1) is 13.4. The van der Waals surface area contributed by atoms with Crippen molar-refractivity contribution in [2.75, 3.05) is 31.6 Å². The second-order valence-corrected chi connectivity index (χ2v) is 8.15. The summed E-state index contributed by atoms with van der Waals surface area (Å²) in [6.07, 6.45) is -0.902. The number of halogens is 1. The number of hydrogen-bond acceptors (Lipinski definition) is 5. The molecule has 1 amide bonds. The van der Waals surface area contributed by atoms with Crippen molar-refractivity contribution in [1.82, 2.24) is 4.31 Å². The Morgan fingerprint density at radius 2 is 1.79 bits per heavy atom. The van der Waals surface area contributed by atoms with Gasteiger partial charge in [-0.05, 0) is 43.3 Å². The second kappa shape index (κ2) is 8.68. The van der Waals surface area contributed by atoms with Crippen LogP contribution in [0.15, 0.2) is 53.4 Å². The Kier molecular flexibility index (Phi) is 6.28. The number of nitrogens with one attached hydrogen (secondary N) is 1. The highest BCUT2D eigenvalue weighted by molar-refractivity contribution is 7.89. The van der Waals surface area contributed by atoms with Crippen LogP contribution in [0.4, 0.5) is 10.1 Å². The number of carbonyl (C=O) groups excluding carboxylic acids is 1. The van der Waals surface area contributed by atoms with Gasteiger partial charge in [0.25, 0.3) is 5.91 Å². The minimum absolute atomic E-state index is 0.0647. The molecule has 0 aliphatic carbocycles. The fourth-order valence-electron chi connectivity index (χ4n) is 2.68.